The van der Waals surface area contributed by atoms with E-state index in [0.717, 1.165) is 5.56 Å². The van der Waals surface area contributed by atoms with Crippen molar-refractivity contribution in [2.75, 3.05) is 11.9 Å². The maximum atomic E-state index is 11.0. The maximum absolute atomic E-state index is 11.0. The van der Waals surface area contributed by atoms with E-state index in [-0.39, 0.29) is 5.56 Å². The van der Waals surface area contributed by atoms with Crippen LogP contribution in [0.4, 0.5) is 11.4 Å². The van der Waals surface area contributed by atoms with Crippen molar-refractivity contribution in [3.8, 4) is 0 Å². The Kier molecular flexibility index (Phi) is 4.13. The fourth-order valence-electron chi connectivity index (χ4n) is 1.95. The van der Waals surface area contributed by atoms with Crippen LogP contribution in [0.1, 0.15) is 15.9 Å². The summed E-state index contributed by atoms with van der Waals surface area (Å²) in [6.45, 7) is 0.511. The van der Waals surface area contributed by atoms with Crippen LogP contribution in [-0.4, -0.2) is 28.0 Å². The Balaban J connectivity index is 2.30. The molecule has 0 amide bonds. The molecule has 0 aliphatic heterocycles. The molecular weight excluding hydrogens is 274 g/mol. The second-order valence-electron chi connectivity index (χ2n) is 4.48. The van der Waals surface area contributed by atoms with Gasteiger partial charge in [0.05, 0.1) is 4.92 Å². The Labute approximate surface area is 120 Å². The topological polar surface area (TPSA) is 96.6 Å². The predicted octanol–water partition coefficient (Wildman–Crippen LogP) is 2.32. The van der Waals surface area contributed by atoms with Gasteiger partial charge in [0.1, 0.15) is 5.56 Å². The third-order valence-electron chi connectivity index (χ3n) is 2.99. The first kappa shape index (κ1) is 14.4. The number of rotatable bonds is 5. The molecule has 0 aliphatic rings. The van der Waals surface area contributed by atoms with E-state index in [1.54, 1.807) is 36.5 Å². The summed E-state index contributed by atoms with van der Waals surface area (Å²) in [5, 5.41) is 19.9. The van der Waals surface area contributed by atoms with Gasteiger partial charge in [0.25, 0.3) is 5.69 Å². The third kappa shape index (κ3) is 3.33. The molecule has 0 spiro atoms. The van der Waals surface area contributed by atoms with Gasteiger partial charge in [-0.3, -0.25) is 15.1 Å². The predicted molar refractivity (Wildman–Crippen MR) is 76.4 cm³/mol. The zero-order valence-electron chi connectivity index (χ0n) is 11.3. The number of nitro benzene ring substituents is 1. The smallest absolute Gasteiger partial charge is 0.342 e. The van der Waals surface area contributed by atoms with Crippen molar-refractivity contribution >= 4 is 17.3 Å². The number of aromatic carboxylic acids is 1. The van der Waals surface area contributed by atoms with Crippen molar-refractivity contribution in [3.05, 3.63) is 64.0 Å². The van der Waals surface area contributed by atoms with E-state index in [0.29, 0.717) is 12.2 Å². The number of hydrogen-bond acceptors (Lipinski definition) is 5. The zero-order chi connectivity index (χ0) is 15.4. The highest BCUT2D eigenvalue weighted by Crippen LogP contribution is 2.26. The second-order valence-corrected chi connectivity index (χ2v) is 4.48. The quantitative estimate of drug-likeness (QED) is 0.669. The number of aromatic nitrogens is 1. The molecule has 1 aromatic heterocycles. The molecule has 1 aromatic carbocycles. The van der Waals surface area contributed by atoms with Gasteiger partial charge >= 0.3 is 5.97 Å². The minimum absolute atomic E-state index is 0.321. The van der Waals surface area contributed by atoms with Crippen LogP contribution in [0, 0.1) is 10.1 Å². The summed E-state index contributed by atoms with van der Waals surface area (Å²) in [6, 6.07) is 7.75. The summed E-state index contributed by atoms with van der Waals surface area (Å²) in [6.07, 6.45) is 3.37. The summed E-state index contributed by atoms with van der Waals surface area (Å²) in [7, 11) is 1.77. The Hall–Kier alpha value is -2.96. The molecule has 21 heavy (non-hydrogen) atoms. The van der Waals surface area contributed by atoms with Crippen molar-refractivity contribution in [3.63, 3.8) is 0 Å². The van der Waals surface area contributed by atoms with Crippen LogP contribution < -0.4 is 4.90 Å². The SMILES string of the molecule is CN(Cc1cccnc1)c1ccc(C(=O)O)c([N+](=O)[O-])c1. The van der Waals surface area contributed by atoms with Gasteiger partial charge in [0.15, 0.2) is 0 Å². The van der Waals surface area contributed by atoms with Crippen LogP contribution in [0.15, 0.2) is 42.7 Å². The first-order valence-electron chi connectivity index (χ1n) is 6.11. The van der Waals surface area contributed by atoms with Gasteiger partial charge in [-0.05, 0) is 23.8 Å². The highest BCUT2D eigenvalue weighted by molar-refractivity contribution is 5.93. The molecule has 0 radical (unpaired) electrons. The van der Waals surface area contributed by atoms with Crippen molar-refractivity contribution in [2.45, 2.75) is 6.54 Å². The van der Waals surface area contributed by atoms with Gasteiger partial charge in [-0.25, -0.2) is 4.79 Å². The van der Waals surface area contributed by atoms with E-state index in [1.165, 1.54) is 12.1 Å². The van der Waals surface area contributed by atoms with Crippen LogP contribution in [-0.2, 0) is 6.54 Å². The number of anilines is 1. The maximum Gasteiger partial charge on any atom is 0.342 e. The number of nitro groups is 1. The fourth-order valence-corrected chi connectivity index (χ4v) is 1.95. The van der Waals surface area contributed by atoms with Gasteiger partial charge in [-0.2, -0.15) is 0 Å². The first-order chi connectivity index (χ1) is 9.99. The summed E-state index contributed by atoms with van der Waals surface area (Å²) in [4.78, 5) is 27.0. The van der Waals surface area contributed by atoms with E-state index in [1.807, 2.05) is 6.07 Å². The molecule has 2 rings (SSSR count). The highest BCUT2D eigenvalue weighted by atomic mass is 16.6. The minimum Gasteiger partial charge on any atom is -0.477 e. The number of carboxylic acid groups (broad SMARTS) is 1. The molecule has 0 aliphatic carbocycles. The molecule has 0 fully saturated rings. The Morgan fingerprint density at radius 2 is 2.19 bits per heavy atom. The van der Waals surface area contributed by atoms with Crippen LogP contribution in [0.5, 0.6) is 0 Å². The summed E-state index contributed by atoms with van der Waals surface area (Å²) in [5.74, 6) is -1.32. The van der Waals surface area contributed by atoms with E-state index in [2.05, 4.69) is 4.98 Å². The van der Waals surface area contributed by atoms with Crippen molar-refractivity contribution < 1.29 is 14.8 Å². The number of pyridine rings is 1. The molecule has 0 saturated heterocycles. The van der Waals surface area contributed by atoms with Gasteiger partial charge in [0, 0.05) is 37.7 Å². The second kappa shape index (κ2) is 6.00. The standard InChI is InChI=1S/C14H13N3O4/c1-16(9-10-3-2-6-15-8-10)11-4-5-12(14(18)19)13(7-11)17(20)21/h2-8H,9H2,1H3,(H,18,19). The molecule has 2 aromatic rings. The summed E-state index contributed by atoms with van der Waals surface area (Å²) in [5.41, 5.74) is 0.775. The van der Waals surface area contributed by atoms with E-state index < -0.39 is 16.6 Å². The fraction of sp³-hybridized carbons (Fsp3) is 0.143. The number of benzene rings is 1. The van der Waals surface area contributed by atoms with E-state index in [9.17, 15) is 14.9 Å². The lowest BCUT2D eigenvalue weighted by molar-refractivity contribution is -0.385. The molecule has 108 valence electrons. The van der Waals surface area contributed by atoms with Crippen molar-refractivity contribution in [2.24, 2.45) is 0 Å². The molecule has 1 N–H and O–H groups in total. The molecule has 0 bridgehead atoms. The molecule has 0 atom stereocenters. The molecular formula is C14H13N3O4. The molecule has 7 heteroatoms. The van der Waals surface area contributed by atoms with Crippen LogP contribution in [0.25, 0.3) is 0 Å². The molecule has 1 heterocycles. The van der Waals surface area contributed by atoms with Gasteiger partial charge in [-0.15, -0.1) is 0 Å². The lowest BCUT2D eigenvalue weighted by Gasteiger charge is -2.19. The lowest BCUT2D eigenvalue weighted by atomic mass is 10.1. The monoisotopic (exact) mass is 287 g/mol. The highest BCUT2D eigenvalue weighted by Gasteiger charge is 2.21. The third-order valence-corrected chi connectivity index (χ3v) is 2.99. The zero-order valence-corrected chi connectivity index (χ0v) is 11.3. The first-order valence-corrected chi connectivity index (χ1v) is 6.11. The van der Waals surface area contributed by atoms with Gasteiger partial charge in [0.2, 0.25) is 0 Å². The van der Waals surface area contributed by atoms with Crippen LogP contribution in [0.3, 0.4) is 0 Å². The summed E-state index contributed by atoms with van der Waals surface area (Å²) >= 11 is 0. The Morgan fingerprint density at radius 3 is 2.76 bits per heavy atom. The van der Waals surface area contributed by atoms with Crippen molar-refractivity contribution in [1.29, 1.82) is 0 Å². The van der Waals surface area contributed by atoms with Crippen molar-refractivity contribution in [1.82, 2.24) is 4.98 Å². The largest absolute Gasteiger partial charge is 0.477 e. The van der Waals surface area contributed by atoms with Crippen LogP contribution in [0.2, 0.25) is 0 Å². The lowest BCUT2D eigenvalue weighted by Crippen LogP contribution is -2.17. The molecule has 0 unspecified atom stereocenters. The molecule has 7 nitrogen and oxygen atoms in total. The number of nitrogens with zero attached hydrogens (tertiary/aromatic N) is 3. The Bertz CT molecular complexity index is 673. The number of hydrogen-bond donors (Lipinski definition) is 1. The normalized spacial score (nSPS) is 10.1. The number of carbonyl (C=O) groups is 1. The van der Waals surface area contributed by atoms with Gasteiger partial charge < -0.3 is 10.0 Å². The van der Waals surface area contributed by atoms with Crippen LogP contribution >= 0.6 is 0 Å². The number of carboxylic acids is 1. The average Bonchev–Trinajstić information content (AvgIpc) is 2.47. The van der Waals surface area contributed by atoms with Gasteiger partial charge in [-0.1, -0.05) is 6.07 Å². The van der Waals surface area contributed by atoms with E-state index >= 15 is 0 Å². The average molecular weight is 287 g/mol. The minimum atomic E-state index is -1.32. The van der Waals surface area contributed by atoms with E-state index in [4.69, 9.17) is 5.11 Å². The Morgan fingerprint density at radius 1 is 1.43 bits per heavy atom. The molecule has 0 saturated carbocycles. The summed E-state index contributed by atoms with van der Waals surface area (Å²) < 4.78 is 0.